The van der Waals surface area contributed by atoms with E-state index in [2.05, 4.69) is 37.2 Å². The van der Waals surface area contributed by atoms with Gasteiger partial charge in [-0.25, -0.2) is 0 Å². The molecule has 0 radical (unpaired) electrons. The number of rotatable bonds is 11. The van der Waals surface area contributed by atoms with E-state index in [0.717, 1.165) is 57.4 Å². The first-order valence-corrected chi connectivity index (χ1v) is 12.4. The highest BCUT2D eigenvalue weighted by Gasteiger charge is 2.38. The second kappa shape index (κ2) is 13.0. The van der Waals surface area contributed by atoms with Crippen LogP contribution in [-0.2, 0) is 17.7 Å². The van der Waals surface area contributed by atoms with Gasteiger partial charge in [0, 0.05) is 45.3 Å². The first-order valence-electron chi connectivity index (χ1n) is 12.4. The second-order valence-corrected chi connectivity index (χ2v) is 8.99. The Morgan fingerprint density at radius 3 is 2.58 bits per heavy atom. The van der Waals surface area contributed by atoms with Gasteiger partial charge in [-0.15, -0.1) is 10.2 Å². The standard InChI is InChI=1S/C23H43N7O/c1-3-21-28-27-20-29(21)17-14-25-22(24-13-10-18-31-2)26-19-23(11-6-4-7-12-23)30-15-8-5-9-16-30/h20H,3-19H2,1-2H3,(H2,24,25,26). The molecule has 3 rings (SSSR count). The van der Waals surface area contributed by atoms with E-state index in [9.17, 15) is 0 Å². The molecule has 1 saturated heterocycles. The van der Waals surface area contributed by atoms with Crippen molar-refractivity contribution in [3.8, 4) is 0 Å². The number of aliphatic imine (C=N–C) groups is 1. The number of nitrogens with one attached hydrogen (secondary N) is 2. The van der Waals surface area contributed by atoms with Crippen molar-refractivity contribution in [2.45, 2.75) is 83.2 Å². The molecular formula is C23H43N7O. The van der Waals surface area contributed by atoms with Gasteiger partial charge in [0.1, 0.15) is 12.2 Å². The summed E-state index contributed by atoms with van der Waals surface area (Å²) in [5.41, 5.74) is 0.253. The van der Waals surface area contributed by atoms with Gasteiger partial charge in [-0.05, 0) is 45.2 Å². The Morgan fingerprint density at radius 1 is 1.10 bits per heavy atom. The van der Waals surface area contributed by atoms with Gasteiger partial charge in [0.05, 0.1) is 6.54 Å². The van der Waals surface area contributed by atoms with Gasteiger partial charge in [-0.2, -0.15) is 0 Å². The highest BCUT2D eigenvalue weighted by Crippen LogP contribution is 2.35. The van der Waals surface area contributed by atoms with Crippen LogP contribution in [0.4, 0.5) is 0 Å². The number of hydrogen-bond donors (Lipinski definition) is 2. The maximum atomic E-state index is 5.21. The van der Waals surface area contributed by atoms with Crippen LogP contribution in [0, 0.1) is 0 Å². The lowest BCUT2D eigenvalue weighted by atomic mass is 9.79. The molecule has 0 atom stereocenters. The van der Waals surface area contributed by atoms with Crippen LogP contribution in [0.3, 0.4) is 0 Å². The zero-order chi connectivity index (χ0) is 21.8. The van der Waals surface area contributed by atoms with Crippen LogP contribution in [-0.4, -0.2) is 77.6 Å². The van der Waals surface area contributed by atoms with E-state index in [1.807, 2.05) is 6.33 Å². The monoisotopic (exact) mass is 433 g/mol. The van der Waals surface area contributed by atoms with Crippen molar-refractivity contribution in [3.63, 3.8) is 0 Å². The van der Waals surface area contributed by atoms with Gasteiger partial charge < -0.3 is 19.9 Å². The van der Waals surface area contributed by atoms with E-state index in [1.165, 1.54) is 64.5 Å². The quantitative estimate of drug-likeness (QED) is 0.317. The average molecular weight is 434 g/mol. The number of piperidine rings is 1. The first-order chi connectivity index (χ1) is 15.3. The Morgan fingerprint density at radius 2 is 1.84 bits per heavy atom. The van der Waals surface area contributed by atoms with Crippen molar-refractivity contribution in [2.75, 3.05) is 46.4 Å². The number of ether oxygens (including phenoxy) is 1. The Bertz CT molecular complexity index is 648. The van der Waals surface area contributed by atoms with Crippen LogP contribution in [0.15, 0.2) is 11.3 Å². The summed E-state index contributed by atoms with van der Waals surface area (Å²) in [7, 11) is 1.75. The van der Waals surface area contributed by atoms with E-state index < -0.39 is 0 Å². The maximum Gasteiger partial charge on any atom is 0.191 e. The van der Waals surface area contributed by atoms with Crippen molar-refractivity contribution in [1.82, 2.24) is 30.3 Å². The summed E-state index contributed by atoms with van der Waals surface area (Å²) in [5.74, 6) is 1.95. The van der Waals surface area contributed by atoms with Gasteiger partial charge in [-0.1, -0.05) is 32.6 Å². The lowest BCUT2D eigenvalue weighted by Gasteiger charge is -2.47. The minimum atomic E-state index is 0.253. The summed E-state index contributed by atoms with van der Waals surface area (Å²) in [4.78, 5) is 7.90. The summed E-state index contributed by atoms with van der Waals surface area (Å²) < 4.78 is 7.32. The summed E-state index contributed by atoms with van der Waals surface area (Å²) in [5, 5.41) is 15.3. The maximum absolute atomic E-state index is 5.21. The van der Waals surface area contributed by atoms with E-state index >= 15 is 0 Å². The molecule has 2 N–H and O–H groups in total. The van der Waals surface area contributed by atoms with Crippen LogP contribution in [0.2, 0.25) is 0 Å². The zero-order valence-corrected chi connectivity index (χ0v) is 19.7. The fourth-order valence-electron chi connectivity index (χ4n) is 5.01. The molecule has 8 heteroatoms. The molecule has 176 valence electrons. The van der Waals surface area contributed by atoms with Gasteiger partial charge in [0.25, 0.3) is 0 Å². The Balaban J connectivity index is 1.62. The lowest BCUT2D eigenvalue weighted by molar-refractivity contribution is 0.0407. The van der Waals surface area contributed by atoms with Crippen molar-refractivity contribution in [3.05, 3.63) is 12.2 Å². The second-order valence-electron chi connectivity index (χ2n) is 8.99. The molecule has 0 amide bonds. The molecule has 0 aromatic carbocycles. The number of hydrogen-bond acceptors (Lipinski definition) is 5. The lowest BCUT2D eigenvalue weighted by Crippen LogP contribution is -2.54. The van der Waals surface area contributed by atoms with Gasteiger partial charge >= 0.3 is 0 Å². The molecule has 1 aromatic heterocycles. The minimum Gasteiger partial charge on any atom is -0.385 e. The number of nitrogens with zero attached hydrogens (tertiary/aromatic N) is 5. The highest BCUT2D eigenvalue weighted by atomic mass is 16.5. The zero-order valence-electron chi connectivity index (χ0n) is 19.7. The van der Waals surface area contributed by atoms with Crippen LogP contribution in [0.1, 0.15) is 70.5 Å². The largest absolute Gasteiger partial charge is 0.385 e. The number of aromatic nitrogens is 3. The van der Waals surface area contributed by atoms with E-state index in [4.69, 9.17) is 9.73 Å². The van der Waals surface area contributed by atoms with Crippen molar-refractivity contribution in [1.29, 1.82) is 0 Å². The van der Waals surface area contributed by atoms with Gasteiger partial charge in [0.15, 0.2) is 5.96 Å². The number of likely N-dealkylation sites (tertiary alicyclic amines) is 1. The predicted molar refractivity (Wildman–Crippen MR) is 125 cm³/mol. The molecule has 2 fully saturated rings. The van der Waals surface area contributed by atoms with Gasteiger partial charge in [-0.3, -0.25) is 9.89 Å². The molecular weight excluding hydrogens is 390 g/mol. The highest BCUT2D eigenvalue weighted by molar-refractivity contribution is 5.79. The van der Waals surface area contributed by atoms with Crippen molar-refractivity contribution >= 4 is 5.96 Å². The third-order valence-electron chi connectivity index (χ3n) is 6.82. The molecule has 1 aliphatic heterocycles. The third kappa shape index (κ3) is 7.17. The molecule has 8 nitrogen and oxygen atoms in total. The third-order valence-corrected chi connectivity index (χ3v) is 6.82. The summed E-state index contributed by atoms with van der Waals surface area (Å²) >= 11 is 0. The number of guanidine groups is 1. The van der Waals surface area contributed by atoms with Crippen molar-refractivity contribution in [2.24, 2.45) is 4.99 Å². The molecule has 1 aromatic rings. The fraction of sp³-hybridized carbons (Fsp3) is 0.870. The molecule has 0 unspecified atom stereocenters. The van der Waals surface area contributed by atoms with Crippen LogP contribution in [0.5, 0.6) is 0 Å². The Kier molecular flexibility index (Phi) is 10.1. The van der Waals surface area contributed by atoms with Crippen LogP contribution in [0.25, 0.3) is 0 Å². The average Bonchev–Trinajstić information content (AvgIpc) is 3.28. The number of aryl methyl sites for hydroxylation is 1. The van der Waals surface area contributed by atoms with Crippen LogP contribution >= 0.6 is 0 Å². The SMILES string of the molecule is CCc1nncn1CCNC(=NCC1(N2CCCCC2)CCCCC1)NCCCOC. The smallest absolute Gasteiger partial charge is 0.191 e. The Hall–Kier alpha value is -1.67. The summed E-state index contributed by atoms with van der Waals surface area (Å²) in [6.45, 7) is 8.76. The topological polar surface area (TPSA) is 79.6 Å². The molecule has 2 heterocycles. The molecule has 31 heavy (non-hydrogen) atoms. The molecule has 1 saturated carbocycles. The van der Waals surface area contributed by atoms with E-state index in [-0.39, 0.29) is 5.54 Å². The van der Waals surface area contributed by atoms with E-state index in [0.29, 0.717) is 0 Å². The fourth-order valence-corrected chi connectivity index (χ4v) is 5.01. The minimum absolute atomic E-state index is 0.253. The summed E-state index contributed by atoms with van der Waals surface area (Å²) in [6.07, 6.45) is 14.4. The Labute approximate surface area is 188 Å². The molecule has 1 aliphatic carbocycles. The molecule has 0 bridgehead atoms. The van der Waals surface area contributed by atoms with E-state index in [1.54, 1.807) is 7.11 Å². The van der Waals surface area contributed by atoms with Crippen molar-refractivity contribution < 1.29 is 4.74 Å². The molecule has 2 aliphatic rings. The molecule has 0 spiro atoms. The number of methoxy groups -OCH3 is 1. The van der Waals surface area contributed by atoms with Crippen LogP contribution < -0.4 is 10.6 Å². The summed E-state index contributed by atoms with van der Waals surface area (Å²) in [6, 6.07) is 0. The first kappa shape index (κ1) is 24.0. The predicted octanol–water partition coefficient (Wildman–Crippen LogP) is 2.60. The normalized spacial score (nSPS) is 20.0. The van der Waals surface area contributed by atoms with Gasteiger partial charge in [0.2, 0.25) is 0 Å².